The second-order valence-electron chi connectivity index (χ2n) is 9.57. The van der Waals surface area contributed by atoms with Gasteiger partial charge in [0.05, 0.1) is 17.4 Å². The number of halogens is 3. The molecule has 7 nitrogen and oxygen atoms in total. The zero-order chi connectivity index (χ0) is 24.2. The first-order chi connectivity index (χ1) is 16.9. The highest BCUT2D eigenvalue weighted by atomic mass is 19.4. The summed E-state index contributed by atoms with van der Waals surface area (Å²) < 4.78 is 40.3. The van der Waals surface area contributed by atoms with Crippen LogP contribution in [0.4, 0.5) is 13.2 Å². The third kappa shape index (κ3) is 4.10. The van der Waals surface area contributed by atoms with Crippen LogP contribution in [0.1, 0.15) is 37.2 Å². The molecule has 2 aromatic heterocycles. The number of hydrogen-bond acceptors (Lipinski definition) is 5. The Morgan fingerprint density at radius 1 is 1.03 bits per heavy atom. The van der Waals surface area contributed by atoms with Gasteiger partial charge in [0.2, 0.25) is 0 Å². The fourth-order valence-corrected chi connectivity index (χ4v) is 5.70. The molecule has 4 heterocycles. The van der Waals surface area contributed by atoms with Crippen molar-refractivity contribution in [3.8, 4) is 17.1 Å². The fraction of sp³-hybridized carbons (Fsp3) is 0.400. The Balaban J connectivity index is 1.16. The average Bonchev–Trinajstić information content (AvgIpc) is 3.54. The van der Waals surface area contributed by atoms with Gasteiger partial charge in [0, 0.05) is 24.0 Å². The summed E-state index contributed by atoms with van der Waals surface area (Å²) >= 11 is 0. The van der Waals surface area contributed by atoms with E-state index in [1.54, 1.807) is 4.68 Å². The Kier molecular flexibility index (Phi) is 5.37. The second kappa shape index (κ2) is 8.46. The smallest absolute Gasteiger partial charge is 0.382 e. The Labute approximate surface area is 199 Å². The number of piperidine rings is 1. The summed E-state index contributed by atoms with van der Waals surface area (Å²) in [6.45, 7) is -0.329. The quantitative estimate of drug-likeness (QED) is 0.439. The zero-order valence-electron chi connectivity index (χ0n) is 18.9. The van der Waals surface area contributed by atoms with Crippen LogP contribution in [0.5, 0.6) is 0 Å². The molecule has 0 radical (unpaired) electrons. The van der Waals surface area contributed by atoms with Gasteiger partial charge >= 0.3 is 6.18 Å². The van der Waals surface area contributed by atoms with Crippen molar-refractivity contribution in [1.29, 1.82) is 0 Å². The third-order valence-corrected chi connectivity index (χ3v) is 7.48. The summed E-state index contributed by atoms with van der Waals surface area (Å²) in [7, 11) is 0. The lowest BCUT2D eigenvalue weighted by molar-refractivity contribution is -0.210. The lowest BCUT2D eigenvalue weighted by atomic mass is 9.85. The second-order valence-corrected chi connectivity index (χ2v) is 9.57. The predicted octanol–water partition coefficient (Wildman–Crippen LogP) is 4.44. The Morgan fingerprint density at radius 3 is 2.46 bits per heavy atom. The van der Waals surface area contributed by atoms with Crippen molar-refractivity contribution in [3.05, 3.63) is 60.3 Å². The number of aromatic nitrogens is 5. The molecule has 0 saturated carbocycles. The molecule has 35 heavy (non-hydrogen) atoms. The minimum absolute atomic E-state index is 0.0805. The molecule has 2 bridgehead atoms. The summed E-state index contributed by atoms with van der Waals surface area (Å²) in [4.78, 5) is 1.87. The van der Waals surface area contributed by atoms with Crippen molar-refractivity contribution in [2.45, 2.75) is 56.0 Å². The van der Waals surface area contributed by atoms with Crippen LogP contribution in [-0.4, -0.2) is 66.1 Å². The molecular formula is C25H25F3N6O. The van der Waals surface area contributed by atoms with E-state index >= 15 is 0 Å². The van der Waals surface area contributed by atoms with E-state index in [4.69, 9.17) is 0 Å². The number of hydrogen-bond donors (Lipinski definition) is 2. The number of nitrogens with zero attached hydrogens (tertiary/aromatic N) is 5. The molecule has 4 aromatic rings. The van der Waals surface area contributed by atoms with Gasteiger partial charge in [0.25, 0.3) is 0 Å². The lowest BCUT2D eigenvalue weighted by Crippen LogP contribution is -2.49. The maximum Gasteiger partial charge on any atom is 0.415 e. The van der Waals surface area contributed by atoms with Gasteiger partial charge in [-0.1, -0.05) is 35.5 Å². The predicted molar refractivity (Wildman–Crippen MR) is 124 cm³/mol. The van der Waals surface area contributed by atoms with Gasteiger partial charge in [0.15, 0.2) is 6.10 Å². The number of nitrogens with one attached hydrogen (secondary N) is 1. The fourth-order valence-electron chi connectivity index (χ4n) is 5.70. The SMILES string of the molecule is OC(CN1[C@@H]2CC[C@H]1C[C@H](c1ccc(-n3cc(-c4n[nH]c5ccccc45)nn3)cc1)C2)C(F)(F)F. The Morgan fingerprint density at radius 2 is 1.74 bits per heavy atom. The van der Waals surface area contributed by atoms with Gasteiger partial charge < -0.3 is 5.11 Å². The van der Waals surface area contributed by atoms with E-state index in [1.165, 1.54) is 5.56 Å². The van der Waals surface area contributed by atoms with Crippen LogP contribution in [0.15, 0.2) is 54.7 Å². The Hall–Kier alpha value is -3.24. The van der Waals surface area contributed by atoms with Crippen molar-refractivity contribution in [3.63, 3.8) is 0 Å². The van der Waals surface area contributed by atoms with Crippen LogP contribution in [0.25, 0.3) is 28.0 Å². The number of aliphatic hydroxyl groups excluding tert-OH is 1. The van der Waals surface area contributed by atoms with Crippen molar-refractivity contribution in [2.24, 2.45) is 0 Å². The standard InChI is InChI=1S/C25H25F3N6O/c26-25(27,28)23(35)14-33-18-9-10-19(33)12-16(11-18)15-5-7-17(8-6-15)34-13-22(30-32-34)24-20-3-1-2-4-21(20)29-31-24/h1-8,13,16,18-19,23,35H,9-12,14H2,(H,29,31)/t16-,18-,19+,23?. The maximum absolute atomic E-state index is 12.9. The molecule has 0 spiro atoms. The third-order valence-electron chi connectivity index (χ3n) is 7.48. The van der Waals surface area contributed by atoms with E-state index in [-0.39, 0.29) is 18.6 Å². The molecule has 0 amide bonds. The van der Waals surface area contributed by atoms with Crippen LogP contribution in [0, 0.1) is 0 Å². The molecule has 182 valence electrons. The van der Waals surface area contributed by atoms with Gasteiger partial charge in [-0.05, 0) is 55.4 Å². The first kappa shape index (κ1) is 22.2. The number of benzene rings is 2. The van der Waals surface area contributed by atoms with Gasteiger partial charge in [-0.15, -0.1) is 5.10 Å². The largest absolute Gasteiger partial charge is 0.415 e. The number of rotatable bonds is 5. The van der Waals surface area contributed by atoms with Gasteiger partial charge in [-0.2, -0.15) is 18.3 Å². The number of fused-ring (bicyclic) bond motifs is 3. The molecule has 1 unspecified atom stereocenters. The van der Waals surface area contributed by atoms with E-state index < -0.39 is 12.3 Å². The van der Waals surface area contributed by atoms with Crippen molar-refractivity contribution in [2.75, 3.05) is 6.54 Å². The van der Waals surface area contributed by atoms with Crippen LogP contribution in [0.2, 0.25) is 0 Å². The molecule has 10 heteroatoms. The topological polar surface area (TPSA) is 82.9 Å². The first-order valence-electron chi connectivity index (χ1n) is 11.8. The van der Waals surface area contributed by atoms with E-state index in [0.717, 1.165) is 48.0 Å². The van der Waals surface area contributed by atoms with E-state index in [2.05, 4.69) is 32.6 Å². The monoisotopic (exact) mass is 482 g/mol. The molecule has 2 aliphatic rings. The maximum atomic E-state index is 12.9. The minimum atomic E-state index is -4.57. The molecule has 2 aromatic carbocycles. The number of H-pyrrole nitrogens is 1. The number of aromatic amines is 1. The first-order valence-corrected chi connectivity index (χ1v) is 11.8. The van der Waals surface area contributed by atoms with E-state index in [0.29, 0.717) is 11.6 Å². The summed E-state index contributed by atoms with van der Waals surface area (Å²) in [5.74, 6) is 0.294. The normalized spacial score (nSPS) is 23.7. The van der Waals surface area contributed by atoms with Gasteiger partial charge in [-0.25, -0.2) is 4.68 Å². The highest BCUT2D eigenvalue weighted by Gasteiger charge is 2.46. The average molecular weight is 483 g/mol. The molecular weight excluding hydrogens is 457 g/mol. The molecule has 6 rings (SSSR count). The van der Waals surface area contributed by atoms with Gasteiger partial charge in [-0.3, -0.25) is 10.00 Å². The van der Waals surface area contributed by atoms with Crippen LogP contribution < -0.4 is 0 Å². The van der Waals surface area contributed by atoms with Crippen molar-refractivity contribution >= 4 is 10.9 Å². The summed E-state index contributed by atoms with van der Waals surface area (Å²) in [6.07, 6.45) is -1.63. The summed E-state index contributed by atoms with van der Waals surface area (Å²) in [5.41, 5.74) is 4.42. The van der Waals surface area contributed by atoms with Crippen molar-refractivity contribution < 1.29 is 18.3 Å². The summed E-state index contributed by atoms with van der Waals surface area (Å²) in [6, 6.07) is 16.2. The van der Waals surface area contributed by atoms with E-state index in [1.807, 2.05) is 47.5 Å². The Bertz CT molecular complexity index is 1320. The number of alkyl halides is 3. The lowest BCUT2D eigenvalue weighted by Gasteiger charge is -2.40. The number of para-hydroxylation sites is 1. The highest BCUT2D eigenvalue weighted by molar-refractivity contribution is 5.91. The van der Waals surface area contributed by atoms with E-state index in [9.17, 15) is 18.3 Å². The molecule has 2 fully saturated rings. The minimum Gasteiger partial charge on any atom is -0.382 e. The molecule has 0 aliphatic carbocycles. The molecule has 4 atom stereocenters. The van der Waals surface area contributed by atoms with Gasteiger partial charge in [0.1, 0.15) is 11.4 Å². The van der Waals surface area contributed by atoms with Crippen LogP contribution >= 0.6 is 0 Å². The molecule has 2 saturated heterocycles. The number of aliphatic hydroxyl groups is 1. The highest BCUT2D eigenvalue weighted by Crippen LogP contribution is 2.43. The summed E-state index contributed by atoms with van der Waals surface area (Å²) in [5, 5.41) is 26.5. The van der Waals surface area contributed by atoms with Crippen LogP contribution in [-0.2, 0) is 0 Å². The zero-order valence-corrected chi connectivity index (χ0v) is 18.9. The van der Waals surface area contributed by atoms with Crippen molar-refractivity contribution in [1.82, 2.24) is 30.1 Å². The van der Waals surface area contributed by atoms with Crippen LogP contribution in [0.3, 0.4) is 0 Å². The molecule has 2 N–H and O–H groups in total. The molecule has 2 aliphatic heterocycles.